The van der Waals surface area contributed by atoms with E-state index in [1.165, 1.54) is 32.1 Å². The first kappa shape index (κ1) is 18.2. The number of allylic oxidation sites excluding steroid dienone is 3. The van der Waals surface area contributed by atoms with Gasteiger partial charge in [-0.2, -0.15) is 0 Å². The van der Waals surface area contributed by atoms with Crippen molar-refractivity contribution in [1.29, 1.82) is 0 Å². The Labute approximate surface area is 165 Å². The van der Waals surface area contributed by atoms with Crippen LogP contribution >= 0.6 is 0 Å². The van der Waals surface area contributed by atoms with Crippen molar-refractivity contribution in [1.82, 2.24) is 5.32 Å². The second kappa shape index (κ2) is 4.99. The zero-order chi connectivity index (χ0) is 19.5. The van der Waals surface area contributed by atoms with Crippen molar-refractivity contribution in [2.45, 2.75) is 79.2 Å². The number of Topliss-reactive ketones (excluding diaryl/α,β-unsaturated/α-hetero) is 1. The van der Waals surface area contributed by atoms with Gasteiger partial charge in [-0.3, -0.25) is 4.79 Å². The lowest BCUT2D eigenvalue weighted by Crippen LogP contribution is -2.57. The number of rotatable bonds is 1. The lowest BCUT2D eigenvalue weighted by Gasteiger charge is -2.61. The van der Waals surface area contributed by atoms with Crippen LogP contribution < -0.4 is 5.32 Å². The summed E-state index contributed by atoms with van der Waals surface area (Å²) >= 11 is 0. The van der Waals surface area contributed by atoms with E-state index in [1.807, 2.05) is 0 Å². The molecule has 5 rings (SSSR count). The first-order valence-corrected chi connectivity index (χ1v) is 11.2. The zero-order valence-corrected chi connectivity index (χ0v) is 18.1. The van der Waals surface area contributed by atoms with Gasteiger partial charge in [-0.05, 0) is 85.1 Å². The van der Waals surface area contributed by atoms with Gasteiger partial charge < -0.3 is 5.32 Å². The minimum atomic E-state index is 0.0901. The van der Waals surface area contributed by atoms with Gasteiger partial charge in [0.1, 0.15) is 0 Å². The molecular weight excluding hydrogens is 330 g/mol. The minimum absolute atomic E-state index is 0.0901. The summed E-state index contributed by atoms with van der Waals surface area (Å²) in [6, 6.07) is 0.481. The van der Waals surface area contributed by atoms with Crippen molar-refractivity contribution in [3.05, 3.63) is 23.8 Å². The molecule has 5 aliphatic rings. The monoisotopic (exact) mass is 367 g/mol. The molecule has 1 N–H and O–H groups in total. The van der Waals surface area contributed by atoms with Crippen molar-refractivity contribution in [2.24, 2.45) is 38.9 Å². The SMILES string of the molecule is C/C=C1/C(=O)C[C@@]2(C)[C@@H]3CC[C@H]4C(C)(C)[C@@H](NC)C=C[C@]45C[C@@]35CC[C@]12C. The molecule has 0 aliphatic heterocycles. The Kier molecular flexibility index (Phi) is 3.35. The molecule has 0 bridgehead atoms. The zero-order valence-electron chi connectivity index (χ0n) is 18.1. The highest BCUT2D eigenvalue weighted by molar-refractivity contribution is 6.00. The fourth-order valence-electron chi connectivity index (χ4n) is 9.38. The fourth-order valence-corrected chi connectivity index (χ4v) is 9.38. The van der Waals surface area contributed by atoms with Crippen LogP contribution in [0.2, 0.25) is 0 Å². The molecule has 0 heterocycles. The van der Waals surface area contributed by atoms with Crippen LogP contribution in [0.4, 0.5) is 0 Å². The molecule has 0 aromatic rings. The molecule has 0 saturated heterocycles. The first-order valence-electron chi connectivity index (χ1n) is 11.2. The Bertz CT molecular complexity index is 777. The molecule has 2 heteroatoms. The largest absolute Gasteiger partial charge is 0.313 e. The quantitative estimate of drug-likeness (QED) is 0.503. The lowest BCUT2D eigenvalue weighted by molar-refractivity contribution is -0.119. The normalized spacial score (nSPS) is 56.3. The summed E-state index contributed by atoms with van der Waals surface area (Å²) in [4.78, 5) is 13.0. The van der Waals surface area contributed by atoms with Crippen molar-refractivity contribution >= 4 is 5.78 Å². The van der Waals surface area contributed by atoms with Gasteiger partial charge in [-0.1, -0.05) is 45.9 Å². The summed E-state index contributed by atoms with van der Waals surface area (Å²) in [5.74, 6) is 1.91. The van der Waals surface area contributed by atoms with E-state index >= 15 is 0 Å². The van der Waals surface area contributed by atoms with Crippen LogP contribution in [0.25, 0.3) is 0 Å². The predicted octanol–water partition coefficient (Wildman–Crippen LogP) is 5.30. The third kappa shape index (κ3) is 1.73. The molecule has 0 unspecified atom stereocenters. The Morgan fingerprint density at radius 1 is 1.11 bits per heavy atom. The van der Waals surface area contributed by atoms with E-state index in [0.29, 0.717) is 34.0 Å². The number of nitrogens with one attached hydrogen (secondary N) is 1. The van der Waals surface area contributed by atoms with Crippen LogP contribution in [0.15, 0.2) is 23.8 Å². The predicted molar refractivity (Wildman–Crippen MR) is 110 cm³/mol. The molecule has 148 valence electrons. The third-order valence-corrected chi connectivity index (χ3v) is 10.9. The maximum absolute atomic E-state index is 13.0. The second-order valence-corrected chi connectivity index (χ2v) is 11.6. The molecule has 5 aliphatic carbocycles. The summed E-state index contributed by atoms with van der Waals surface area (Å²) < 4.78 is 0. The Morgan fingerprint density at radius 3 is 2.48 bits per heavy atom. The molecule has 0 aromatic carbocycles. The number of carbonyl (C=O) groups excluding carboxylic acids is 1. The van der Waals surface area contributed by atoms with Crippen LogP contribution in [0.3, 0.4) is 0 Å². The fraction of sp³-hybridized carbons (Fsp3) is 0.800. The lowest BCUT2D eigenvalue weighted by atomic mass is 9.43. The molecule has 27 heavy (non-hydrogen) atoms. The molecule has 2 spiro atoms. The Hall–Kier alpha value is -0.890. The number of ketones is 1. The molecule has 0 amide bonds. The minimum Gasteiger partial charge on any atom is -0.313 e. The summed E-state index contributed by atoms with van der Waals surface area (Å²) in [6.07, 6.45) is 14.6. The molecule has 0 radical (unpaired) electrons. The van der Waals surface area contributed by atoms with E-state index in [4.69, 9.17) is 0 Å². The highest BCUT2D eigenvalue weighted by atomic mass is 16.1. The van der Waals surface area contributed by atoms with Gasteiger partial charge in [-0.25, -0.2) is 0 Å². The Balaban J connectivity index is 1.60. The van der Waals surface area contributed by atoms with Crippen LogP contribution in [0.1, 0.15) is 73.1 Å². The van der Waals surface area contributed by atoms with E-state index < -0.39 is 0 Å². The molecule has 7 atom stereocenters. The van der Waals surface area contributed by atoms with Gasteiger partial charge in [0.2, 0.25) is 0 Å². The average Bonchev–Trinajstić information content (AvgIpc) is 3.21. The second-order valence-electron chi connectivity index (χ2n) is 11.6. The van der Waals surface area contributed by atoms with Gasteiger partial charge in [0.15, 0.2) is 5.78 Å². The van der Waals surface area contributed by atoms with E-state index in [9.17, 15) is 4.79 Å². The number of fused-ring (bicyclic) bond motifs is 2. The smallest absolute Gasteiger partial charge is 0.159 e. The molecule has 4 saturated carbocycles. The van der Waals surface area contributed by atoms with Crippen molar-refractivity contribution in [3.8, 4) is 0 Å². The van der Waals surface area contributed by atoms with Gasteiger partial charge in [0.25, 0.3) is 0 Å². The maximum Gasteiger partial charge on any atom is 0.159 e. The average molecular weight is 368 g/mol. The number of hydrogen-bond donors (Lipinski definition) is 1. The first-order chi connectivity index (χ1) is 12.6. The van der Waals surface area contributed by atoms with Crippen molar-refractivity contribution in [3.63, 3.8) is 0 Å². The molecule has 0 aromatic heterocycles. The van der Waals surface area contributed by atoms with E-state index in [2.05, 4.69) is 65.2 Å². The van der Waals surface area contributed by atoms with Gasteiger partial charge in [0.05, 0.1) is 0 Å². The van der Waals surface area contributed by atoms with E-state index in [-0.39, 0.29) is 10.8 Å². The molecular formula is C25H37NO. The van der Waals surface area contributed by atoms with Gasteiger partial charge >= 0.3 is 0 Å². The Morgan fingerprint density at radius 2 is 1.81 bits per heavy atom. The topological polar surface area (TPSA) is 29.1 Å². The molecule has 4 fully saturated rings. The summed E-state index contributed by atoms with van der Waals surface area (Å²) in [5, 5.41) is 3.56. The summed E-state index contributed by atoms with van der Waals surface area (Å²) in [6.45, 7) is 11.9. The number of hydrogen-bond acceptors (Lipinski definition) is 2. The van der Waals surface area contributed by atoms with E-state index in [0.717, 1.165) is 17.9 Å². The van der Waals surface area contributed by atoms with E-state index in [1.54, 1.807) is 0 Å². The summed E-state index contributed by atoms with van der Waals surface area (Å²) in [7, 11) is 2.11. The van der Waals surface area contributed by atoms with Crippen molar-refractivity contribution < 1.29 is 4.79 Å². The third-order valence-electron chi connectivity index (χ3n) is 10.9. The van der Waals surface area contributed by atoms with Crippen LogP contribution in [-0.2, 0) is 4.79 Å². The summed E-state index contributed by atoms with van der Waals surface area (Å²) in [5.41, 5.74) is 2.55. The van der Waals surface area contributed by atoms with Crippen LogP contribution in [0, 0.1) is 38.9 Å². The standard InChI is InChI=1S/C25H37NO/c1-7-16-17(27)14-23(5)19-9-8-18-21(2,3)20(26-6)10-11-24(18)15-25(19,24)13-12-22(16,23)4/h7,10-11,18-20,26H,8-9,12-15H2,1-6H3/b16-7-/t18-,19-,20-,22+,23-,24-,25-/m0/s1. The number of likely N-dealkylation sites (N-methyl/N-ethyl adjacent to an activating group) is 1. The highest BCUT2D eigenvalue weighted by Gasteiger charge is 2.81. The van der Waals surface area contributed by atoms with Crippen molar-refractivity contribution in [2.75, 3.05) is 7.05 Å². The molecule has 2 nitrogen and oxygen atoms in total. The van der Waals surface area contributed by atoms with Gasteiger partial charge in [0, 0.05) is 17.9 Å². The number of carbonyl (C=O) groups is 1. The van der Waals surface area contributed by atoms with Crippen LogP contribution in [0.5, 0.6) is 0 Å². The maximum atomic E-state index is 13.0. The van der Waals surface area contributed by atoms with Crippen LogP contribution in [-0.4, -0.2) is 18.9 Å². The van der Waals surface area contributed by atoms with Gasteiger partial charge in [-0.15, -0.1) is 0 Å². The highest BCUT2D eigenvalue weighted by Crippen LogP contribution is 2.87.